The Bertz CT molecular complexity index is 789. The summed E-state index contributed by atoms with van der Waals surface area (Å²) in [6.45, 7) is 12.1. The molecule has 0 atom stereocenters. The molecule has 2 aromatic rings. The van der Waals surface area contributed by atoms with Gasteiger partial charge in [0.15, 0.2) is 5.78 Å². The van der Waals surface area contributed by atoms with E-state index in [1.54, 1.807) is 0 Å². The molecule has 1 aromatic carbocycles. The predicted octanol–water partition coefficient (Wildman–Crippen LogP) is 3.54. The highest BCUT2D eigenvalue weighted by molar-refractivity contribution is 6.23. The summed E-state index contributed by atoms with van der Waals surface area (Å²) >= 11 is 0. The highest BCUT2D eigenvalue weighted by Gasteiger charge is 2.34. The van der Waals surface area contributed by atoms with E-state index in [0.717, 1.165) is 39.5 Å². The number of carbonyl (C=O) groups is 1. The fraction of sp³-hybridized carbons (Fsp3) is 0.353. The standard InChI is InChI=1S/C17H18N2O/c1-7-8(2)10(4)14-13(9(7)3)16-15(17(14)20)11(5)18-12(6)19-16/h1-6H3. The third-order valence-electron chi connectivity index (χ3n) is 4.58. The number of benzene rings is 1. The minimum Gasteiger partial charge on any atom is -0.288 e. The van der Waals surface area contributed by atoms with Crippen molar-refractivity contribution >= 4 is 5.78 Å². The number of hydrogen-bond acceptors (Lipinski definition) is 3. The highest BCUT2D eigenvalue weighted by atomic mass is 16.1. The number of nitrogens with zero attached hydrogens (tertiary/aromatic N) is 2. The lowest BCUT2D eigenvalue weighted by molar-refractivity contribution is 0.104. The summed E-state index contributed by atoms with van der Waals surface area (Å²) in [4.78, 5) is 21.7. The van der Waals surface area contributed by atoms with Gasteiger partial charge in [-0.3, -0.25) is 4.79 Å². The monoisotopic (exact) mass is 266 g/mol. The van der Waals surface area contributed by atoms with Gasteiger partial charge in [-0.05, 0) is 63.8 Å². The Morgan fingerprint density at radius 2 is 1.20 bits per heavy atom. The van der Waals surface area contributed by atoms with Gasteiger partial charge < -0.3 is 0 Å². The van der Waals surface area contributed by atoms with Crippen LogP contribution in [0.3, 0.4) is 0 Å². The Balaban J connectivity index is 2.52. The number of aromatic nitrogens is 2. The Hall–Kier alpha value is -2.03. The molecule has 0 aliphatic heterocycles. The maximum absolute atomic E-state index is 12.8. The maximum atomic E-state index is 12.8. The molecule has 0 radical (unpaired) electrons. The minimum absolute atomic E-state index is 0.0798. The van der Waals surface area contributed by atoms with Gasteiger partial charge in [0.1, 0.15) is 5.82 Å². The van der Waals surface area contributed by atoms with Crippen LogP contribution in [0.4, 0.5) is 0 Å². The summed E-state index contributed by atoms with van der Waals surface area (Å²) in [7, 11) is 0. The van der Waals surface area contributed by atoms with E-state index in [4.69, 9.17) is 0 Å². The number of hydrogen-bond donors (Lipinski definition) is 0. The number of fused-ring (bicyclic) bond motifs is 3. The Morgan fingerprint density at radius 1 is 0.650 bits per heavy atom. The predicted molar refractivity (Wildman–Crippen MR) is 79.3 cm³/mol. The molecule has 0 bridgehead atoms. The molecule has 3 rings (SSSR count). The van der Waals surface area contributed by atoms with Crippen molar-refractivity contribution < 1.29 is 4.79 Å². The van der Waals surface area contributed by atoms with Gasteiger partial charge in [0.05, 0.1) is 17.0 Å². The molecule has 3 nitrogen and oxygen atoms in total. The second kappa shape index (κ2) is 3.98. The number of ketones is 1. The lowest BCUT2D eigenvalue weighted by Gasteiger charge is -2.14. The summed E-state index contributed by atoms with van der Waals surface area (Å²) in [6, 6.07) is 0. The van der Waals surface area contributed by atoms with Gasteiger partial charge in [-0.15, -0.1) is 0 Å². The molecule has 0 N–H and O–H groups in total. The van der Waals surface area contributed by atoms with Crippen LogP contribution in [0.5, 0.6) is 0 Å². The molecule has 1 heterocycles. The summed E-state index contributed by atoms with van der Waals surface area (Å²) < 4.78 is 0. The fourth-order valence-electron chi connectivity index (χ4n) is 3.18. The number of rotatable bonds is 0. The zero-order chi connectivity index (χ0) is 14.8. The highest BCUT2D eigenvalue weighted by Crippen LogP contribution is 2.42. The van der Waals surface area contributed by atoms with Gasteiger partial charge in [-0.2, -0.15) is 0 Å². The first-order valence-corrected chi connectivity index (χ1v) is 6.85. The second-order valence-electron chi connectivity index (χ2n) is 5.66. The number of carbonyl (C=O) groups excluding carboxylic acids is 1. The lowest BCUT2D eigenvalue weighted by atomic mass is 9.90. The Morgan fingerprint density at radius 3 is 1.80 bits per heavy atom. The van der Waals surface area contributed by atoms with E-state index in [1.165, 1.54) is 11.1 Å². The molecule has 1 aliphatic carbocycles. The van der Waals surface area contributed by atoms with Crippen LogP contribution >= 0.6 is 0 Å². The summed E-state index contributed by atoms with van der Waals surface area (Å²) in [5.41, 5.74) is 8.79. The van der Waals surface area contributed by atoms with Crippen molar-refractivity contribution in [3.05, 3.63) is 44.9 Å². The van der Waals surface area contributed by atoms with E-state index < -0.39 is 0 Å². The van der Waals surface area contributed by atoms with E-state index in [1.807, 2.05) is 20.8 Å². The van der Waals surface area contributed by atoms with Crippen LogP contribution in [-0.2, 0) is 0 Å². The summed E-state index contributed by atoms with van der Waals surface area (Å²) in [6.07, 6.45) is 0. The first-order chi connectivity index (χ1) is 9.34. The molecule has 3 heteroatoms. The molecule has 20 heavy (non-hydrogen) atoms. The molecule has 0 amide bonds. The third-order valence-corrected chi connectivity index (χ3v) is 4.58. The Kier molecular flexibility index (Phi) is 2.58. The van der Waals surface area contributed by atoms with Crippen LogP contribution in [-0.4, -0.2) is 15.8 Å². The van der Waals surface area contributed by atoms with Crippen LogP contribution in [0, 0.1) is 41.5 Å². The van der Waals surface area contributed by atoms with E-state index >= 15 is 0 Å². The molecule has 1 aliphatic rings. The van der Waals surface area contributed by atoms with Crippen molar-refractivity contribution in [1.82, 2.24) is 9.97 Å². The van der Waals surface area contributed by atoms with Gasteiger partial charge in [-0.1, -0.05) is 0 Å². The van der Waals surface area contributed by atoms with E-state index in [9.17, 15) is 4.79 Å². The minimum atomic E-state index is 0.0798. The van der Waals surface area contributed by atoms with Gasteiger partial charge >= 0.3 is 0 Å². The van der Waals surface area contributed by atoms with Crippen molar-refractivity contribution in [2.24, 2.45) is 0 Å². The van der Waals surface area contributed by atoms with Crippen LogP contribution in [0.15, 0.2) is 0 Å². The van der Waals surface area contributed by atoms with Crippen LogP contribution in [0.2, 0.25) is 0 Å². The molecule has 0 saturated carbocycles. The summed E-state index contributed by atoms with van der Waals surface area (Å²) in [5, 5.41) is 0. The molecular formula is C17H18N2O. The largest absolute Gasteiger partial charge is 0.288 e. The normalized spacial score (nSPS) is 12.6. The van der Waals surface area contributed by atoms with Gasteiger partial charge in [0.25, 0.3) is 0 Å². The topological polar surface area (TPSA) is 42.9 Å². The molecule has 0 fully saturated rings. The molecule has 1 aromatic heterocycles. The van der Waals surface area contributed by atoms with Crippen molar-refractivity contribution in [3.8, 4) is 11.3 Å². The second-order valence-corrected chi connectivity index (χ2v) is 5.66. The average Bonchev–Trinajstić information content (AvgIpc) is 2.67. The van der Waals surface area contributed by atoms with E-state index in [2.05, 4.69) is 30.7 Å². The molecule has 0 spiro atoms. The Labute approximate surface area is 119 Å². The first-order valence-electron chi connectivity index (χ1n) is 6.85. The quantitative estimate of drug-likeness (QED) is 0.625. The zero-order valence-electron chi connectivity index (χ0n) is 12.8. The van der Waals surface area contributed by atoms with Gasteiger partial charge in [0.2, 0.25) is 0 Å². The van der Waals surface area contributed by atoms with Crippen molar-refractivity contribution in [3.63, 3.8) is 0 Å². The van der Waals surface area contributed by atoms with E-state index in [-0.39, 0.29) is 5.78 Å². The van der Waals surface area contributed by atoms with E-state index in [0.29, 0.717) is 5.56 Å². The molecular weight excluding hydrogens is 248 g/mol. The molecule has 102 valence electrons. The smallest absolute Gasteiger partial charge is 0.198 e. The molecule has 0 saturated heterocycles. The van der Waals surface area contributed by atoms with Gasteiger partial charge in [0, 0.05) is 11.1 Å². The van der Waals surface area contributed by atoms with Crippen LogP contribution < -0.4 is 0 Å². The van der Waals surface area contributed by atoms with Crippen LogP contribution in [0.25, 0.3) is 11.3 Å². The number of aryl methyl sites for hydroxylation is 2. The molecule has 0 unspecified atom stereocenters. The van der Waals surface area contributed by atoms with Crippen molar-refractivity contribution in [1.29, 1.82) is 0 Å². The summed E-state index contributed by atoms with van der Waals surface area (Å²) in [5.74, 6) is 0.799. The van der Waals surface area contributed by atoms with Crippen LogP contribution in [0.1, 0.15) is 49.7 Å². The van der Waals surface area contributed by atoms with Crippen molar-refractivity contribution in [2.45, 2.75) is 41.5 Å². The first kappa shape index (κ1) is 13.0. The lowest BCUT2D eigenvalue weighted by Crippen LogP contribution is -2.05. The fourth-order valence-corrected chi connectivity index (χ4v) is 3.18. The third kappa shape index (κ3) is 1.43. The average molecular weight is 266 g/mol. The van der Waals surface area contributed by atoms with Crippen molar-refractivity contribution in [2.75, 3.05) is 0 Å². The van der Waals surface area contributed by atoms with Gasteiger partial charge in [-0.25, -0.2) is 9.97 Å². The maximum Gasteiger partial charge on any atom is 0.198 e. The SMILES string of the molecule is Cc1nc(C)c2c(n1)-c1c(C)c(C)c(C)c(C)c1C2=O. The zero-order valence-corrected chi connectivity index (χ0v) is 12.8.